The summed E-state index contributed by atoms with van der Waals surface area (Å²) in [5.41, 5.74) is 0. The Labute approximate surface area is 69.2 Å². The van der Waals surface area contributed by atoms with Crippen molar-refractivity contribution in [2.45, 2.75) is 13.3 Å². The van der Waals surface area contributed by atoms with Crippen LogP contribution in [0.1, 0.15) is 13.3 Å². The van der Waals surface area contributed by atoms with Gasteiger partial charge in [0.25, 0.3) is 0 Å². The van der Waals surface area contributed by atoms with Crippen molar-refractivity contribution in [3.05, 3.63) is 0 Å². The van der Waals surface area contributed by atoms with E-state index in [0.29, 0.717) is 6.73 Å². The Morgan fingerprint density at radius 2 is 2.00 bits per heavy atom. The highest BCUT2D eigenvalue weighted by Crippen LogP contribution is 1.96. The summed E-state index contributed by atoms with van der Waals surface area (Å²) in [4.78, 5) is 0. The SMILES string of the molecule is CCCOC[N+](C)(C)CCO. The Morgan fingerprint density at radius 3 is 2.45 bits per heavy atom. The van der Waals surface area contributed by atoms with Crippen LogP contribution in [0.2, 0.25) is 0 Å². The minimum atomic E-state index is 0.225. The van der Waals surface area contributed by atoms with Crippen LogP contribution in [0, 0.1) is 0 Å². The number of hydrogen-bond donors (Lipinski definition) is 1. The molecule has 1 N–H and O–H groups in total. The van der Waals surface area contributed by atoms with Gasteiger partial charge in [-0.2, -0.15) is 0 Å². The molecule has 0 rings (SSSR count). The molecule has 0 heterocycles. The Bertz CT molecular complexity index is 94.1. The maximum Gasteiger partial charge on any atom is 0.182 e. The van der Waals surface area contributed by atoms with Crippen LogP contribution in [0.3, 0.4) is 0 Å². The fourth-order valence-electron chi connectivity index (χ4n) is 0.791. The van der Waals surface area contributed by atoms with Crippen LogP contribution in [0.25, 0.3) is 0 Å². The van der Waals surface area contributed by atoms with Crippen LogP contribution in [0.15, 0.2) is 0 Å². The molecule has 0 fully saturated rings. The second-order valence-corrected chi connectivity index (χ2v) is 3.42. The molecular formula is C8H20NO2+. The lowest BCUT2D eigenvalue weighted by atomic mass is 10.5. The third kappa shape index (κ3) is 6.28. The van der Waals surface area contributed by atoms with E-state index in [2.05, 4.69) is 6.92 Å². The van der Waals surface area contributed by atoms with E-state index in [1.54, 1.807) is 0 Å². The van der Waals surface area contributed by atoms with Crippen LogP contribution in [0.5, 0.6) is 0 Å². The van der Waals surface area contributed by atoms with Crippen molar-refractivity contribution in [2.75, 3.05) is 40.6 Å². The van der Waals surface area contributed by atoms with Gasteiger partial charge in [0.05, 0.1) is 27.3 Å². The maximum absolute atomic E-state index is 8.69. The highest BCUT2D eigenvalue weighted by atomic mass is 16.5. The van der Waals surface area contributed by atoms with Crippen molar-refractivity contribution in [2.24, 2.45) is 0 Å². The predicted molar refractivity (Wildman–Crippen MR) is 45.2 cm³/mol. The summed E-state index contributed by atoms with van der Waals surface area (Å²) in [5, 5.41) is 8.69. The van der Waals surface area contributed by atoms with Gasteiger partial charge in [0, 0.05) is 0 Å². The molecule has 0 aromatic heterocycles. The number of hydrogen-bond acceptors (Lipinski definition) is 2. The molecule has 0 aliphatic rings. The molecule has 0 spiro atoms. The molecule has 3 heteroatoms. The highest BCUT2D eigenvalue weighted by Gasteiger charge is 2.12. The molecular weight excluding hydrogens is 142 g/mol. The van der Waals surface area contributed by atoms with Crippen LogP contribution in [-0.2, 0) is 4.74 Å². The normalized spacial score (nSPS) is 12.0. The Balaban J connectivity index is 3.38. The van der Waals surface area contributed by atoms with Gasteiger partial charge in [-0.1, -0.05) is 6.92 Å². The van der Waals surface area contributed by atoms with Gasteiger partial charge < -0.3 is 14.3 Å². The molecule has 0 aliphatic carbocycles. The zero-order valence-corrected chi connectivity index (χ0v) is 7.84. The van der Waals surface area contributed by atoms with Crippen molar-refractivity contribution >= 4 is 0 Å². The molecule has 0 saturated heterocycles. The molecule has 11 heavy (non-hydrogen) atoms. The summed E-state index contributed by atoms with van der Waals surface area (Å²) in [6.07, 6.45) is 1.05. The second-order valence-electron chi connectivity index (χ2n) is 3.42. The summed E-state index contributed by atoms with van der Waals surface area (Å²) < 4.78 is 6.09. The zero-order valence-electron chi connectivity index (χ0n) is 7.84. The summed E-state index contributed by atoms with van der Waals surface area (Å²) >= 11 is 0. The number of aliphatic hydroxyl groups excluding tert-OH is 1. The smallest absolute Gasteiger partial charge is 0.182 e. The van der Waals surface area contributed by atoms with Crippen LogP contribution < -0.4 is 0 Å². The van der Waals surface area contributed by atoms with Gasteiger partial charge >= 0.3 is 0 Å². The van der Waals surface area contributed by atoms with Crippen LogP contribution >= 0.6 is 0 Å². The van der Waals surface area contributed by atoms with E-state index in [1.807, 2.05) is 14.1 Å². The van der Waals surface area contributed by atoms with Gasteiger partial charge in [-0.25, -0.2) is 0 Å². The average Bonchev–Trinajstić information content (AvgIpc) is 1.87. The first-order valence-electron chi connectivity index (χ1n) is 4.13. The number of likely N-dealkylation sites (N-methyl/N-ethyl adjacent to an activating group) is 1. The van der Waals surface area contributed by atoms with E-state index in [-0.39, 0.29) is 6.61 Å². The minimum absolute atomic E-state index is 0.225. The minimum Gasteiger partial charge on any atom is -0.391 e. The fourth-order valence-corrected chi connectivity index (χ4v) is 0.791. The molecule has 0 unspecified atom stereocenters. The highest BCUT2D eigenvalue weighted by molar-refractivity contribution is 4.26. The van der Waals surface area contributed by atoms with Crippen molar-refractivity contribution in [1.82, 2.24) is 0 Å². The largest absolute Gasteiger partial charge is 0.391 e. The molecule has 0 aromatic rings. The van der Waals surface area contributed by atoms with E-state index < -0.39 is 0 Å². The third-order valence-corrected chi connectivity index (χ3v) is 1.49. The van der Waals surface area contributed by atoms with Gasteiger partial charge in [-0.05, 0) is 6.42 Å². The number of rotatable bonds is 6. The predicted octanol–water partition coefficient (Wildman–Crippen LogP) is 0.439. The van der Waals surface area contributed by atoms with E-state index in [9.17, 15) is 0 Å². The molecule has 68 valence electrons. The molecule has 0 saturated carbocycles. The maximum atomic E-state index is 8.69. The number of ether oxygens (including phenoxy) is 1. The summed E-state index contributed by atoms with van der Waals surface area (Å²) in [5.74, 6) is 0. The number of aliphatic hydroxyl groups is 1. The zero-order chi connectivity index (χ0) is 8.74. The first-order chi connectivity index (χ1) is 5.12. The molecule has 0 amide bonds. The summed E-state index contributed by atoms with van der Waals surface area (Å²) in [7, 11) is 4.10. The molecule has 0 aliphatic heterocycles. The van der Waals surface area contributed by atoms with Gasteiger partial charge in [0.1, 0.15) is 6.54 Å². The van der Waals surface area contributed by atoms with Crippen molar-refractivity contribution in [3.63, 3.8) is 0 Å². The monoisotopic (exact) mass is 162 g/mol. The quantitative estimate of drug-likeness (QED) is 0.349. The van der Waals surface area contributed by atoms with Crippen LogP contribution in [0.4, 0.5) is 0 Å². The third-order valence-electron chi connectivity index (χ3n) is 1.49. The van der Waals surface area contributed by atoms with Gasteiger partial charge in [0.2, 0.25) is 0 Å². The molecule has 0 bridgehead atoms. The van der Waals surface area contributed by atoms with E-state index in [0.717, 1.165) is 24.1 Å². The number of nitrogens with zero attached hydrogens (tertiary/aromatic N) is 1. The second kappa shape index (κ2) is 5.52. The standard InChI is InChI=1S/C8H20NO2/c1-4-7-11-8-9(2,3)5-6-10/h10H,4-8H2,1-3H3/q+1. The van der Waals surface area contributed by atoms with Crippen molar-refractivity contribution in [3.8, 4) is 0 Å². The molecule has 3 nitrogen and oxygen atoms in total. The van der Waals surface area contributed by atoms with Gasteiger partial charge in [-0.3, -0.25) is 0 Å². The van der Waals surface area contributed by atoms with Crippen molar-refractivity contribution in [1.29, 1.82) is 0 Å². The molecule has 0 aromatic carbocycles. The molecule has 0 radical (unpaired) electrons. The summed E-state index contributed by atoms with van der Waals surface area (Å²) in [6.45, 7) is 4.57. The van der Waals surface area contributed by atoms with Crippen molar-refractivity contribution < 1.29 is 14.3 Å². The fraction of sp³-hybridized carbons (Fsp3) is 1.00. The summed E-state index contributed by atoms with van der Waals surface area (Å²) in [6, 6.07) is 0. The van der Waals surface area contributed by atoms with E-state index in [4.69, 9.17) is 9.84 Å². The topological polar surface area (TPSA) is 29.5 Å². The molecule has 0 atom stereocenters. The number of quaternary nitrogens is 1. The first-order valence-corrected chi connectivity index (χ1v) is 4.13. The van der Waals surface area contributed by atoms with Gasteiger partial charge in [-0.15, -0.1) is 0 Å². The average molecular weight is 162 g/mol. The Morgan fingerprint density at radius 1 is 1.36 bits per heavy atom. The first kappa shape index (κ1) is 10.9. The Hall–Kier alpha value is -0.120. The van der Waals surface area contributed by atoms with Crippen LogP contribution in [-0.4, -0.2) is 50.2 Å². The lowest BCUT2D eigenvalue weighted by molar-refractivity contribution is -0.910. The lowest BCUT2D eigenvalue weighted by Crippen LogP contribution is -2.43. The van der Waals surface area contributed by atoms with E-state index in [1.165, 1.54) is 0 Å². The Kier molecular flexibility index (Phi) is 5.46. The van der Waals surface area contributed by atoms with Gasteiger partial charge in [0.15, 0.2) is 6.73 Å². The lowest BCUT2D eigenvalue weighted by Gasteiger charge is -2.28. The van der Waals surface area contributed by atoms with E-state index >= 15 is 0 Å².